The van der Waals surface area contributed by atoms with Gasteiger partial charge in [-0.2, -0.15) is 0 Å². The quantitative estimate of drug-likeness (QED) is 0.645. The number of fused-ring (bicyclic) bond motifs is 1. The van der Waals surface area contributed by atoms with Gasteiger partial charge in [0, 0.05) is 29.9 Å². The summed E-state index contributed by atoms with van der Waals surface area (Å²) in [6.45, 7) is 0.782. The average Bonchev–Trinajstić information content (AvgIpc) is 3.30. The van der Waals surface area contributed by atoms with Gasteiger partial charge in [0.05, 0.1) is 6.10 Å². The summed E-state index contributed by atoms with van der Waals surface area (Å²) in [4.78, 5) is 24.1. The van der Waals surface area contributed by atoms with Gasteiger partial charge in [0.25, 0.3) is 0 Å². The van der Waals surface area contributed by atoms with Crippen molar-refractivity contribution < 1.29 is 15.0 Å². The van der Waals surface area contributed by atoms with Gasteiger partial charge in [0.1, 0.15) is 11.2 Å². The minimum absolute atomic E-state index is 0.247. The Bertz CT molecular complexity index is 1120. The number of aliphatic hydroxyl groups is 1. The second kappa shape index (κ2) is 8.36. The van der Waals surface area contributed by atoms with Crippen LogP contribution in [0.3, 0.4) is 0 Å². The summed E-state index contributed by atoms with van der Waals surface area (Å²) in [7, 11) is 0. The second-order valence-electron chi connectivity index (χ2n) is 8.85. The Morgan fingerprint density at radius 3 is 2.44 bits per heavy atom. The highest BCUT2D eigenvalue weighted by Gasteiger charge is 2.49. The molecule has 2 aliphatic rings. The first-order chi connectivity index (χ1) is 15.6. The number of hydrogen-bond donors (Lipinski definition) is 2. The molecule has 0 unspecified atom stereocenters. The summed E-state index contributed by atoms with van der Waals surface area (Å²) in [6.07, 6.45) is 2.56. The molecule has 0 radical (unpaired) electrons. The van der Waals surface area contributed by atoms with E-state index in [0.717, 1.165) is 47.5 Å². The van der Waals surface area contributed by atoms with Gasteiger partial charge < -0.3 is 15.1 Å². The third kappa shape index (κ3) is 3.65. The number of β-amino-alcohol motifs (C(OH)–C–C–N with tert-alkyl or cyclic N) is 1. The molecule has 1 saturated heterocycles. The number of aromatic nitrogens is 2. The van der Waals surface area contributed by atoms with Crippen molar-refractivity contribution in [3.8, 4) is 11.4 Å². The molecule has 0 bridgehead atoms. The molecule has 2 atom stereocenters. The second-order valence-corrected chi connectivity index (χ2v) is 8.85. The molecule has 0 spiro atoms. The van der Waals surface area contributed by atoms with E-state index in [1.54, 1.807) is 0 Å². The number of carboxylic acid groups (broad SMARTS) is 1. The van der Waals surface area contributed by atoms with E-state index in [1.165, 1.54) is 0 Å². The maximum Gasteiger partial charge on any atom is 0.312 e. The molecular formula is C26H27N3O3. The molecule has 32 heavy (non-hydrogen) atoms. The van der Waals surface area contributed by atoms with Crippen molar-refractivity contribution in [2.24, 2.45) is 5.41 Å². The molecule has 0 saturated carbocycles. The van der Waals surface area contributed by atoms with Crippen molar-refractivity contribution in [2.45, 2.75) is 38.2 Å². The van der Waals surface area contributed by atoms with Gasteiger partial charge in [-0.25, -0.2) is 9.97 Å². The summed E-state index contributed by atoms with van der Waals surface area (Å²) in [5, 5.41) is 21.3. The van der Waals surface area contributed by atoms with Crippen LogP contribution in [0.5, 0.6) is 0 Å². The summed E-state index contributed by atoms with van der Waals surface area (Å²) in [6, 6.07) is 19.5. The van der Waals surface area contributed by atoms with Crippen molar-refractivity contribution in [3.63, 3.8) is 0 Å². The fourth-order valence-corrected chi connectivity index (χ4v) is 5.05. The molecular weight excluding hydrogens is 402 g/mol. The van der Waals surface area contributed by atoms with Gasteiger partial charge in [-0.3, -0.25) is 4.79 Å². The number of piperidine rings is 1. The molecule has 6 nitrogen and oxygen atoms in total. The Morgan fingerprint density at radius 2 is 1.75 bits per heavy atom. The fourth-order valence-electron chi connectivity index (χ4n) is 5.05. The molecule has 164 valence electrons. The lowest BCUT2D eigenvalue weighted by molar-refractivity contribution is -0.158. The number of hydrogen-bond acceptors (Lipinski definition) is 5. The molecule has 1 aliphatic heterocycles. The summed E-state index contributed by atoms with van der Waals surface area (Å²) in [5.41, 5.74) is 2.91. The number of benzene rings is 2. The SMILES string of the molecule is O=C(O)[C@@]1(Cc2ccccc2)CCN(c2nc(-c3ccccc3)nc3c2CCC3)C[C@H]1O. The normalized spacial score (nSPS) is 22.5. The standard InChI is InChI=1S/C26H27N3O3/c30-22-17-29(15-14-26(22,25(31)32)16-18-8-3-1-4-9-18)24-20-12-7-13-21(20)27-23(28-24)19-10-5-2-6-11-19/h1-6,8-11,22,30H,7,12-17H2,(H,31,32)/t22-,26-/m1/s1. The van der Waals surface area contributed by atoms with Crippen LogP contribution in [0.15, 0.2) is 60.7 Å². The molecule has 2 N–H and O–H groups in total. The van der Waals surface area contributed by atoms with Gasteiger partial charge >= 0.3 is 5.97 Å². The molecule has 5 rings (SSSR count). The minimum atomic E-state index is -1.20. The number of carboxylic acids is 1. The molecule has 1 aliphatic carbocycles. The molecule has 2 heterocycles. The average molecular weight is 430 g/mol. The van der Waals surface area contributed by atoms with E-state index in [4.69, 9.17) is 9.97 Å². The van der Waals surface area contributed by atoms with Gasteiger partial charge in [-0.05, 0) is 37.7 Å². The lowest BCUT2D eigenvalue weighted by Gasteiger charge is -2.43. The van der Waals surface area contributed by atoms with Crippen molar-refractivity contribution in [1.82, 2.24) is 9.97 Å². The number of anilines is 1. The Balaban J connectivity index is 1.46. The third-order valence-electron chi connectivity index (χ3n) is 6.89. The van der Waals surface area contributed by atoms with Crippen LogP contribution < -0.4 is 4.90 Å². The number of carbonyl (C=O) groups is 1. The fraction of sp³-hybridized carbons (Fsp3) is 0.346. The van der Waals surface area contributed by atoms with E-state index in [2.05, 4.69) is 4.90 Å². The number of aliphatic hydroxyl groups excluding tert-OH is 1. The van der Waals surface area contributed by atoms with Crippen LogP contribution in [0.2, 0.25) is 0 Å². The largest absolute Gasteiger partial charge is 0.481 e. The third-order valence-corrected chi connectivity index (χ3v) is 6.89. The smallest absolute Gasteiger partial charge is 0.312 e. The van der Waals surface area contributed by atoms with Crippen LogP contribution in [0.1, 0.15) is 29.7 Å². The Kier molecular flexibility index (Phi) is 5.39. The first kappa shape index (κ1) is 20.6. The maximum atomic E-state index is 12.4. The molecule has 3 aromatic rings. The van der Waals surface area contributed by atoms with Crippen LogP contribution >= 0.6 is 0 Å². The monoisotopic (exact) mass is 429 g/mol. The Morgan fingerprint density at radius 1 is 1.03 bits per heavy atom. The van der Waals surface area contributed by atoms with E-state index >= 15 is 0 Å². The first-order valence-corrected chi connectivity index (χ1v) is 11.2. The van der Waals surface area contributed by atoms with E-state index in [1.807, 2.05) is 60.7 Å². The Hall–Kier alpha value is -3.25. The maximum absolute atomic E-state index is 12.4. The highest BCUT2D eigenvalue weighted by Crippen LogP contribution is 2.39. The zero-order valence-corrected chi connectivity index (χ0v) is 17.9. The molecule has 1 fully saturated rings. The van der Waals surface area contributed by atoms with Crippen molar-refractivity contribution in [2.75, 3.05) is 18.0 Å². The zero-order chi connectivity index (χ0) is 22.1. The predicted molar refractivity (Wildman–Crippen MR) is 123 cm³/mol. The number of aliphatic carboxylic acids is 1. The van der Waals surface area contributed by atoms with Gasteiger partial charge in [-0.15, -0.1) is 0 Å². The van der Waals surface area contributed by atoms with Gasteiger partial charge in [0.2, 0.25) is 0 Å². The lowest BCUT2D eigenvalue weighted by Crippen LogP contribution is -2.56. The molecule has 1 aromatic heterocycles. The lowest BCUT2D eigenvalue weighted by atomic mass is 9.71. The number of aryl methyl sites for hydroxylation is 1. The van der Waals surface area contributed by atoms with Crippen molar-refractivity contribution >= 4 is 11.8 Å². The van der Waals surface area contributed by atoms with Crippen LogP contribution in [-0.4, -0.2) is 45.3 Å². The predicted octanol–water partition coefficient (Wildman–Crippen LogP) is 3.52. The first-order valence-electron chi connectivity index (χ1n) is 11.2. The number of nitrogens with zero attached hydrogens (tertiary/aromatic N) is 3. The molecule has 6 heteroatoms. The van der Waals surface area contributed by atoms with Crippen molar-refractivity contribution in [3.05, 3.63) is 77.5 Å². The van der Waals surface area contributed by atoms with E-state index in [0.29, 0.717) is 25.2 Å². The van der Waals surface area contributed by atoms with Crippen LogP contribution in [-0.2, 0) is 24.1 Å². The van der Waals surface area contributed by atoms with E-state index < -0.39 is 17.5 Å². The zero-order valence-electron chi connectivity index (χ0n) is 17.9. The van der Waals surface area contributed by atoms with Gasteiger partial charge in [0.15, 0.2) is 5.82 Å². The summed E-state index contributed by atoms with van der Waals surface area (Å²) < 4.78 is 0. The van der Waals surface area contributed by atoms with Crippen LogP contribution in [0.25, 0.3) is 11.4 Å². The topological polar surface area (TPSA) is 86.5 Å². The molecule has 2 aromatic carbocycles. The Labute approximate surface area is 187 Å². The van der Waals surface area contributed by atoms with E-state index in [-0.39, 0.29) is 6.54 Å². The van der Waals surface area contributed by atoms with Crippen molar-refractivity contribution in [1.29, 1.82) is 0 Å². The summed E-state index contributed by atoms with van der Waals surface area (Å²) in [5.74, 6) is 0.602. The van der Waals surface area contributed by atoms with E-state index in [9.17, 15) is 15.0 Å². The van der Waals surface area contributed by atoms with Crippen LogP contribution in [0.4, 0.5) is 5.82 Å². The van der Waals surface area contributed by atoms with Crippen LogP contribution in [0, 0.1) is 5.41 Å². The van der Waals surface area contributed by atoms with Gasteiger partial charge in [-0.1, -0.05) is 60.7 Å². The highest BCUT2D eigenvalue weighted by molar-refractivity contribution is 5.77. The minimum Gasteiger partial charge on any atom is -0.481 e. The summed E-state index contributed by atoms with van der Waals surface area (Å²) >= 11 is 0. The highest BCUT2D eigenvalue weighted by atomic mass is 16.4. The molecule has 0 amide bonds. The number of rotatable bonds is 5.